The van der Waals surface area contributed by atoms with E-state index >= 15 is 0 Å². The van der Waals surface area contributed by atoms with E-state index in [-0.39, 0.29) is 50.9 Å². The Bertz CT molecular complexity index is 1240. The Kier molecular flexibility index (Phi) is 8.85. The van der Waals surface area contributed by atoms with Gasteiger partial charge in [-0.1, -0.05) is 38.0 Å². The molecule has 0 aliphatic heterocycles. The van der Waals surface area contributed by atoms with Gasteiger partial charge in [-0.2, -0.15) is 0 Å². The summed E-state index contributed by atoms with van der Waals surface area (Å²) in [6, 6.07) is 0. The highest BCUT2D eigenvalue weighted by atomic mass is 16.6. The largest absolute Gasteiger partial charge is 0.481 e. The number of fused-ring (bicyclic) bond motifs is 5. The van der Waals surface area contributed by atoms with Gasteiger partial charge in [0.1, 0.15) is 29.0 Å². The van der Waals surface area contributed by atoms with Crippen molar-refractivity contribution in [2.45, 2.75) is 135 Å². The molecule has 0 aromatic heterocycles. The van der Waals surface area contributed by atoms with Crippen LogP contribution in [0.5, 0.6) is 0 Å². The van der Waals surface area contributed by atoms with E-state index in [0.717, 1.165) is 11.1 Å². The van der Waals surface area contributed by atoms with Gasteiger partial charge in [0.05, 0.1) is 5.41 Å². The first-order valence-corrected chi connectivity index (χ1v) is 15.5. The molecule has 3 saturated carbocycles. The monoisotopic (exact) mass is 604 g/mol. The van der Waals surface area contributed by atoms with Crippen molar-refractivity contribution < 1.29 is 49.1 Å². The molecule has 8 atom stereocenters. The van der Waals surface area contributed by atoms with E-state index in [1.165, 1.54) is 13.0 Å². The molecule has 4 rings (SSSR count). The second kappa shape index (κ2) is 11.4. The molecule has 0 radical (unpaired) electrons. The van der Waals surface area contributed by atoms with Gasteiger partial charge in [0, 0.05) is 31.3 Å². The average molecular weight is 605 g/mol. The zero-order valence-corrected chi connectivity index (χ0v) is 26.3. The quantitative estimate of drug-likeness (QED) is 0.173. The first kappa shape index (κ1) is 33.3. The van der Waals surface area contributed by atoms with E-state index in [1.54, 1.807) is 6.92 Å². The number of carboxylic acid groups (broad SMARTS) is 1. The third-order valence-electron chi connectivity index (χ3n) is 11.7. The highest BCUT2D eigenvalue weighted by molar-refractivity contribution is 5.87. The third kappa shape index (κ3) is 5.17. The lowest BCUT2D eigenvalue weighted by molar-refractivity contribution is -0.314. The molecule has 4 N–H and O–H groups in total. The molecule has 4 aliphatic carbocycles. The predicted molar refractivity (Wildman–Crippen MR) is 155 cm³/mol. The van der Waals surface area contributed by atoms with Crippen molar-refractivity contribution in [1.29, 1.82) is 0 Å². The van der Waals surface area contributed by atoms with E-state index in [2.05, 4.69) is 0 Å². The first-order valence-electron chi connectivity index (χ1n) is 15.5. The van der Waals surface area contributed by atoms with E-state index < -0.39 is 69.5 Å². The fourth-order valence-electron chi connectivity index (χ4n) is 8.61. The maximum absolute atomic E-state index is 13.2. The summed E-state index contributed by atoms with van der Waals surface area (Å²) in [5.41, 5.74) is -6.20. The number of ketones is 1. The van der Waals surface area contributed by atoms with Crippen molar-refractivity contribution in [2.75, 3.05) is 0 Å². The summed E-state index contributed by atoms with van der Waals surface area (Å²) in [7, 11) is 0. The lowest BCUT2D eigenvalue weighted by atomic mass is 9.42. The molecule has 0 aromatic rings. The summed E-state index contributed by atoms with van der Waals surface area (Å²) in [6.07, 6.45) is 3.47. The molecule has 1 unspecified atom stereocenters. The zero-order valence-electron chi connectivity index (χ0n) is 26.3. The molecule has 0 bridgehead atoms. The highest BCUT2D eigenvalue weighted by Crippen LogP contribution is 2.71. The van der Waals surface area contributed by atoms with Crippen molar-refractivity contribution in [2.24, 2.45) is 22.7 Å². The predicted octanol–water partition coefficient (Wildman–Crippen LogP) is 3.79. The number of carbonyl (C=O) groups is 4. The summed E-state index contributed by atoms with van der Waals surface area (Å²) < 4.78 is 11.7. The molecule has 43 heavy (non-hydrogen) atoms. The molecule has 0 saturated heterocycles. The van der Waals surface area contributed by atoms with E-state index in [9.17, 15) is 34.5 Å². The zero-order chi connectivity index (χ0) is 32.2. The summed E-state index contributed by atoms with van der Waals surface area (Å²) in [6.45, 7) is 10.6. The van der Waals surface area contributed by atoms with Crippen molar-refractivity contribution in [3.8, 4) is 0 Å². The minimum Gasteiger partial charge on any atom is -0.481 e. The summed E-state index contributed by atoms with van der Waals surface area (Å²) in [5.74, 6) is -3.07. The Morgan fingerprint density at radius 3 is 2.30 bits per heavy atom. The second-order valence-electron chi connectivity index (χ2n) is 14.1. The smallest absolute Gasteiger partial charge is 0.330 e. The summed E-state index contributed by atoms with van der Waals surface area (Å²) in [5, 5.41) is 45.7. The lowest BCUT2D eigenvalue weighted by Crippen LogP contribution is -2.78. The Hall–Kier alpha value is -2.56. The van der Waals surface area contributed by atoms with Crippen LogP contribution >= 0.6 is 0 Å². The molecule has 0 amide bonds. The molecular weight excluding hydrogens is 556 g/mol. The van der Waals surface area contributed by atoms with Crippen LogP contribution < -0.4 is 0 Å². The molecule has 0 aromatic carbocycles. The van der Waals surface area contributed by atoms with Gasteiger partial charge in [-0.3, -0.25) is 14.4 Å². The Morgan fingerprint density at radius 1 is 1.02 bits per heavy atom. The maximum Gasteiger partial charge on any atom is 0.330 e. The molecule has 4 aliphatic rings. The van der Waals surface area contributed by atoms with Crippen LogP contribution in [0, 0.1) is 22.7 Å². The summed E-state index contributed by atoms with van der Waals surface area (Å²) in [4.78, 5) is 49.3. The molecule has 240 valence electrons. The SMILES string of the molecule is CC(=O)[C@]1(O)CC[C@@]2(O)[C@]1(C)[C@H](OC(=O)/C=C(\C)C(C)C)CC1[C@@]3(C)CC[C@H](OC(=O)CCCC(=O)O)CC3=CC[C@]12O. The van der Waals surface area contributed by atoms with Gasteiger partial charge in [-0.15, -0.1) is 0 Å². The molecule has 10 heteroatoms. The minimum absolute atomic E-state index is 0.0178. The number of carboxylic acids is 1. The van der Waals surface area contributed by atoms with Crippen LogP contribution in [-0.2, 0) is 28.7 Å². The first-order chi connectivity index (χ1) is 19.9. The maximum atomic E-state index is 13.2. The number of ether oxygens (including phenoxy) is 2. The van der Waals surface area contributed by atoms with Gasteiger partial charge in [-0.25, -0.2) is 4.79 Å². The summed E-state index contributed by atoms with van der Waals surface area (Å²) >= 11 is 0. The fraction of sp³-hybridized carbons (Fsp3) is 0.758. The van der Waals surface area contributed by atoms with Crippen LogP contribution in [0.3, 0.4) is 0 Å². The molecule has 10 nitrogen and oxygen atoms in total. The van der Waals surface area contributed by atoms with Gasteiger partial charge in [0.15, 0.2) is 5.78 Å². The van der Waals surface area contributed by atoms with E-state index in [1.807, 2.05) is 33.8 Å². The number of aliphatic hydroxyl groups is 3. The van der Waals surface area contributed by atoms with Crippen molar-refractivity contribution >= 4 is 23.7 Å². The Balaban J connectivity index is 1.68. The number of carbonyl (C=O) groups excluding carboxylic acids is 3. The van der Waals surface area contributed by atoms with Crippen LogP contribution in [0.1, 0.15) is 106 Å². The van der Waals surface area contributed by atoms with E-state index in [0.29, 0.717) is 19.3 Å². The van der Waals surface area contributed by atoms with Crippen molar-refractivity contribution in [3.05, 3.63) is 23.3 Å². The van der Waals surface area contributed by atoms with Gasteiger partial charge >= 0.3 is 17.9 Å². The Morgan fingerprint density at radius 2 is 1.70 bits per heavy atom. The number of allylic oxidation sites excluding steroid dienone is 1. The number of rotatable bonds is 9. The van der Waals surface area contributed by atoms with Gasteiger partial charge in [0.2, 0.25) is 0 Å². The standard InChI is InChI=1S/C33H48O10/c1-19(2)20(3)16-28(38)43-25-18-24-29(5)12-11-23(42-27(37)9-7-8-26(35)36)17-22(29)10-13-32(24,40)33(41)15-14-31(39,21(4)34)30(25,33)6/h10,16,19,23-25,39-41H,7-9,11-15,17-18H2,1-6H3,(H,35,36)/b20-16+/t23-,24?,25+,29-,30+,31+,32-,33+/m0/s1. The molecule has 0 heterocycles. The molecule has 0 spiro atoms. The fourth-order valence-corrected chi connectivity index (χ4v) is 8.61. The lowest BCUT2D eigenvalue weighted by Gasteiger charge is -2.67. The average Bonchev–Trinajstić information content (AvgIpc) is 3.14. The number of aliphatic carboxylic acids is 1. The second-order valence-corrected chi connectivity index (χ2v) is 14.1. The van der Waals surface area contributed by atoms with Gasteiger partial charge in [-0.05, 0) is 77.0 Å². The normalized spacial score (nSPS) is 40.6. The van der Waals surface area contributed by atoms with Crippen LogP contribution in [0.2, 0.25) is 0 Å². The van der Waals surface area contributed by atoms with Crippen LogP contribution in [0.25, 0.3) is 0 Å². The van der Waals surface area contributed by atoms with Gasteiger partial charge < -0.3 is 29.9 Å². The number of esters is 2. The molecule has 3 fully saturated rings. The minimum atomic E-state index is -2.01. The van der Waals surface area contributed by atoms with Crippen LogP contribution in [-0.4, -0.2) is 73.1 Å². The van der Waals surface area contributed by atoms with Crippen molar-refractivity contribution in [3.63, 3.8) is 0 Å². The Labute approximate surface area is 253 Å². The van der Waals surface area contributed by atoms with E-state index in [4.69, 9.17) is 14.6 Å². The topological polar surface area (TPSA) is 168 Å². The molecular formula is C33H48O10. The van der Waals surface area contributed by atoms with Crippen molar-refractivity contribution in [1.82, 2.24) is 0 Å². The van der Waals surface area contributed by atoms with Crippen LogP contribution in [0.15, 0.2) is 23.3 Å². The number of Topliss-reactive ketones (excluding diaryl/α,β-unsaturated/α-hetero) is 1. The van der Waals surface area contributed by atoms with Crippen LogP contribution in [0.4, 0.5) is 0 Å². The number of hydrogen-bond acceptors (Lipinski definition) is 9. The van der Waals surface area contributed by atoms with Gasteiger partial charge in [0.25, 0.3) is 0 Å². The third-order valence-corrected chi connectivity index (χ3v) is 11.7. The number of hydrogen-bond donors (Lipinski definition) is 4. The highest BCUT2D eigenvalue weighted by Gasteiger charge is 2.81.